The second-order valence-electron chi connectivity index (χ2n) is 8.96. The average Bonchev–Trinajstić information content (AvgIpc) is 3.37. The molecule has 1 fully saturated rings. The molecule has 1 aromatic heterocycles. The topological polar surface area (TPSA) is 92.2 Å². The van der Waals surface area contributed by atoms with Gasteiger partial charge in [0.1, 0.15) is 11.6 Å². The number of anilines is 1. The van der Waals surface area contributed by atoms with Crippen molar-refractivity contribution in [1.82, 2.24) is 9.29 Å². The first-order valence-corrected chi connectivity index (χ1v) is 14.9. The van der Waals surface area contributed by atoms with E-state index in [0.29, 0.717) is 29.9 Å². The van der Waals surface area contributed by atoms with Crippen LogP contribution in [0.2, 0.25) is 0 Å². The van der Waals surface area contributed by atoms with Crippen molar-refractivity contribution in [3.05, 3.63) is 83.7 Å². The van der Waals surface area contributed by atoms with Gasteiger partial charge in [-0.25, -0.2) is 17.8 Å². The number of aromatic nitrogens is 1. The van der Waals surface area contributed by atoms with Crippen molar-refractivity contribution >= 4 is 48.8 Å². The highest BCUT2D eigenvalue weighted by molar-refractivity contribution is 7.89. The molecular weight excluding hydrogens is 539 g/mol. The minimum Gasteiger partial charge on any atom is -0.494 e. The van der Waals surface area contributed by atoms with Gasteiger partial charge in [0.15, 0.2) is 0 Å². The van der Waals surface area contributed by atoms with Gasteiger partial charge in [-0.15, -0.1) is 0 Å². The molecule has 39 heavy (non-hydrogen) atoms. The molecular formula is C28H27FN4O4S2. The van der Waals surface area contributed by atoms with E-state index < -0.39 is 21.7 Å². The number of thiazole rings is 1. The number of ether oxygens (including phenoxy) is 1. The Morgan fingerprint density at radius 2 is 1.79 bits per heavy atom. The second kappa shape index (κ2) is 11.6. The Bertz CT molecular complexity index is 1600. The molecule has 0 spiro atoms. The summed E-state index contributed by atoms with van der Waals surface area (Å²) in [5, 5.41) is 5.83. The van der Waals surface area contributed by atoms with Crippen molar-refractivity contribution in [3.63, 3.8) is 0 Å². The summed E-state index contributed by atoms with van der Waals surface area (Å²) in [7, 11) is -3.63. The summed E-state index contributed by atoms with van der Waals surface area (Å²) < 4.78 is 47.4. The number of hydrogen-bond acceptors (Lipinski definition) is 7. The van der Waals surface area contributed by atoms with Crippen LogP contribution in [-0.4, -0.2) is 49.5 Å². The number of hydrazone groups is 1. The number of sulfonamides is 1. The number of amides is 1. The van der Waals surface area contributed by atoms with E-state index in [-0.39, 0.29) is 15.6 Å². The molecule has 11 heteroatoms. The SMILES string of the molecule is CCOc1ccc(/C=N/N(C(=O)c2ccc(S(=O)(=O)N3CCCCC3)cc2)c2nc3ccc(F)cc3s2)cc1. The molecule has 1 saturated heterocycles. The van der Waals surface area contributed by atoms with E-state index in [1.807, 2.05) is 19.1 Å². The molecule has 5 rings (SSSR count). The normalized spacial score (nSPS) is 14.6. The lowest BCUT2D eigenvalue weighted by Crippen LogP contribution is -2.35. The van der Waals surface area contributed by atoms with E-state index in [9.17, 15) is 17.6 Å². The molecule has 4 aromatic rings. The molecule has 0 bridgehead atoms. The van der Waals surface area contributed by atoms with Gasteiger partial charge in [-0.2, -0.15) is 14.4 Å². The van der Waals surface area contributed by atoms with Crippen LogP contribution in [0.4, 0.5) is 9.52 Å². The molecule has 0 radical (unpaired) electrons. The van der Waals surface area contributed by atoms with Crippen molar-refractivity contribution < 1.29 is 22.3 Å². The average molecular weight is 567 g/mol. The first kappa shape index (κ1) is 26.9. The second-order valence-corrected chi connectivity index (χ2v) is 11.9. The third kappa shape index (κ3) is 6.00. The van der Waals surface area contributed by atoms with Crippen LogP contribution in [-0.2, 0) is 10.0 Å². The lowest BCUT2D eigenvalue weighted by atomic mass is 10.2. The Morgan fingerprint density at radius 1 is 1.08 bits per heavy atom. The van der Waals surface area contributed by atoms with Crippen LogP contribution in [0.5, 0.6) is 5.75 Å². The fourth-order valence-corrected chi connectivity index (χ4v) is 6.72. The fourth-order valence-electron chi connectivity index (χ4n) is 4.25. The third-order valence-electron chi connectivity index (χ3n) is 6.28. The van der Waals surface area contributed by atoms with Crippen molar-refractivity contribution in [2.24, 2.45) is 5.10 Å². The van der Waals surface area contributed by atoms with Crippen LogP contribution in [0.25, 0.3) is 10.2 Å². The van der Waals surface area contributed by atoms with Crippen LogP contribution < -0.4 is 9.75 Å². The van der Waals surface area contributed by atoms with E-state index in [1.54, 1.807) is 18.2 Å². The number of piperidine rings is 1. The van der Waals surface area contributed by atoms with Crippen LogP contribution in [0.1, 0.15) is 42.1 Å². The smallest absolute Gasteiger partial charge is 0.280 e. The van der Waals surface area contributed by atoms with Crippen LogP contribution in [0.3, 0.4) is 0 Å². The number of benzene rings is 3. The Labute approximate surface area is 230 Å². The molecule has 0 unspecified atom stereocenters. The van der Waals surface area contributed by atoms with Gasteiger partial charge in [0.2, 0.25) is 15.2 Å². The highest BCUT2D eigenvalue weighted by atomic mass is 32.2. The number of carbonyl (C=O) groups is 1. The minimum atomic E-state index is -3.63. The van der Waals surface area contributed by atoms with Crippen molar-refractivity contribution in [2.75, 3.05) is 24.7 Å². The number of hydrogen-bond donors (Lipinski definition) is 0. The molecule has 0 aliphatic carbocycles. The molecule has 1 amide bonds. The summed E-state index contributed by atoms with van der Waals surface area (Å²) in [6.07, 6.45) is 4.21. The summed E-state index contributed by atoms with van der Waals surface area (Å²) in [6.45, 7) is 3.44. The van der Waals surface area contributed by atoms with Gasteiger partial charge in [-0.3, -0.25) is 4.79 Å². The lowest BCUT2D eigenvalue weighted by Gasteiger charge is -2.25. The largest absolute Gasteiger partial charge is 0.494 e. The monoisotopic (exact) mass is 566 g/mol. The third-order valence-corrected chi connectivity index (χ3v) is 9.19. The lowest BCUT2D eigenvalue weighted by molar-refractivity contribution is 0.0987. The van der Waals surface area contributed by atoms with Gasteiger partial charge >= 0.3 is 0 Å². The predicted octanol–water partition coefficient (Wildman–Crippen LogP) is 5.69. The molecule has 0 saturated carbocycles. The number of fused-ring (bicyclic) bond motifs is 1. The molecule has 1 aliphatic heterocycles. The maximum Gasteiger partial charge on any atom is 0.280 e. The molecule has 1 aliphatic rings. The van der Waals surface area contributed by atoms with E-state index in [0.717, 1.165) is 46.9 Å². The van der Waals surface area contributed by atoms with Gasteiger partial charge < -0.3 is 4.74 Å². The Morgan fingerprint density at radius 3 is 2.49 bits per heavy atom. The quantitative estimate of drug-likeness (QED) is 0.202. The molecule has 0 atom stereocenters. The standard InChI is InChI=1S/C28H27FN4O4S2/c1-2-37-23-11-6-20(7-12-23)19-30-33(28-31-25-15-10-22(29)18-26(25)38-28)27(34)21-8-13-24(14-9-21)39(35,36)32-16-4-3-5-17-32/h6-15,18-19H,2-5,16-17H2,1H3/b30-19+. The molecule has 3 aromatic carbocycles. The summed E-state index contributed by atoms with van der Waals surface area (Å²) >= 11 is 1.13. The van der Waals surface area contributed by atoms with E-state index >= 15 is 0 Å². The zero-order chi connectivity index (χ0) is 27.4. The minimum absolute atomic E-state index is 0.140. The van der Waals surface area contributed by atoms with Gasteiger partial charge in [-0.05, 0) is 92.1 Å². The number of nitrogens with zero attached hydrogens (tertiary/aromatic N) is 4. The molecule has 202 valence electrons. The van der Waals surface area contributed by atoms with E-state index in [1.165, 1.54) is 46.9 Å². The number of carbonyl (C=O) groups excluding carboxylic acids is 1. The van der Waals surface area contributed by atoms with E-state index in [2.05, 4.69) is 10.1 Å². The van der Waals surface area contributed by atoms with Gasteiger partial charge in [-0.1, -0.05) is 17.8 Å². The van der Waals surface area contributed by atoms with Crippen molar-refractivity contribution in [2.45, 2.75) is 31.1 Å². The predicted molar refractivity (Wildman–Crippen MR) is 151 cm³/mol. The van der Waals surface area contributed by atoms with Crippen molar-refractivity contribution in [1.29, 1.82) is 0 Å². The summed E-state index contributed by atoms with van der Waals surface area (Å²) in [4.78, 5) is 18.3. The number of rotatable bonds is 8. The Balaban J connectivity index is 1.46. The zero-order valence-electron chi connectivity index (χ0n) is 21.3. The summed E-state index contributed by atoms with van der Waals surface area (Å²) in [5.74, 6) is -0.187. The first-order chi connectivity index (χ1) is 18.8. The van der Waals surface area contributed by atoms with Crippen LogP contribution in [0.15, 0.2) is 76.7 Å². The van der Waals surface area contributed by atoms with E-state index in [4.69, 9.17) is 4.74 Å². The van der Waals surface area contributed by atoms with Crippen LogP contribution >= 0.6 is 11.3 Å². The summed E-state index contributed by atoms with van der Waals surface area (Å²) in [5.41, 5.74) is 1.50. The van der Waals surface area contributed by atoms with Gasteiger partial charge in [0.25, 0.3) is 5.91 Å². The van der Waals surface area contributed by atoms with Gasteiger partial charge in [0, 0.05) is 18.7 Å². The highest BCUT2D eigenvalue weighted by Crippen LogP contribution is 2.31. The Kier molecular flexibility index (Phi) is 8.01. The van der Waals surface area contributed by atoms with Crippen LogP contribution in [0, 0.1) is 5.82 Å². The first-order valence-electron chi connectivity index (χ1n) is 12.6. The zero-order valence-corrected chi connectivity index (χ0v) is 22.9. The number of halogens is 1. The fraction of sp³-hybridized carbons (Fsp3) is 0.250. The highest BCUT2D eigenvalue weighted by Gasteiger charge is 2.27. The van der Waals surface area contributed by atoms with Crippen molar-refractivity contribution in [3.8, 4) is 5.75 Å². The van der Waals surface area contributed by atoms with Gasteiger partial charge in [0.05, 0.1) is 27.9 Å². The maximum absolute atomic E-state index is 13.8. The maximum atomic E-state index is 13.8. The Hall–Kier alpha value is -3.67. The molecule has 2 heterocycles. The molecule has 0 N–H and O–H groups in total. The summed E-state index contributed by atoms with van der Waals surface area (Å²) in [6, 6.07) is 17.3. The molecule has 8 nitrogen and oxygen atoms in total.